The number of unbranched alkanes of at least 4 members (excludes halogenated alkanes) is 2. The lowest BCUT2D eigenvalue weighted by molar-refractivity contribution is -0.143. The molecule has 3 aromatic rings. The van der Waals surface area contributed by atoms with Gasteiger partial charge in [0.25, 0.3) is 0 Å². The Labute approximate surface area is 255 Å². The molecule has 0 bridgehead atoms. The number of alkyl halides is 1. The molecule has 222 valence electrons. The van der Waals surface area contributed by atoms with E-state index < -0.39 is 17.3 Å². The van der Waals surface area contributed by atoms with Crippen molar-refractivity contribution in [3.8, 4) is 0 Å². The van der Waals surface area contributed by atoms with Gasteiger partial charge in [-0.15, -0.1) is 11.6 Å². The van der Waals surface area contributed by atoms with Gasteiger partial charge in [-0.05, 0) is 75.2 Å². The van der Waals surface area contributed by atoms with E-state index in [2.05, 4.69) is 10.1 Å². The minimum Gasteiger partial charge on any atom is -0.462 e. The van der Waals surface area contributed by atoms with Crippen molar-refractivity contribution in [2.24, 2.45) is 5.16 Å². The Bertz CT molecular complexity index is 1370. The highest BCUT2D eigenvalue weighted by Gasteiger charge is 2.35. The van der Waals surface area contributed by atoms with Crippen molar-refractivity contribution < 1.29 is 28.4 Å². The quantitative estimate of drug-likeness (QED) is 0.0499. The maximum atomic E-state index is 13.3. The summed E-state index contributed by atoms with van der Waals surface area (Å²) in [4.78, 5) is 47.7. The molecule has 1 saturated heterocycles. The Balaban J connectivity index is 1.39. The molecule has 1 aromatic heterocycles. The standard InChI is InChI=1S/C32H35ClN2O6S/c1-32(2,35-18-21-39-22-19-35)31(38)24-11-15-26(16-12-24)42-25-13-9-23(10-14-25)30(37)29(27-7-6-20-40-27)34-41-28(36)8-4-3-5-17-33/h6-7,9-16,20H,3-5,8,17-19,21-22H2,1-2H3/b34-29+. The molecule has 0 aliphatic carbocycles. The summed E-state index contributed by atoms with van der Waals surface area (Å²) in [5, 5.41) is 3.86. The highest BCUT2D eigenvalue weighted by atomic mass is 35.5. The van der Waals surface area contributed by atoms with Gasteiger partial charge in [0.05, 0.1) is 25.0 Å². The van der Waals surface area contributed by atoms with Crippen LogP contribution in [0.15, 0.2) is 86.3 Å². The van der Waals surface area contributed by atoms with Gasteiger partial charge in [0.1, 0.15) is 0 Å². The van der Waals surface area contributed by atoms with Crippen LogP contribution in [0.4, 0.5) is 0 Å². The molecule has 1 aliphatic heterocycles. The van der Waals surface area contributed by atoms with Crippen LogP contribution in [0.2, 0.25) is 0 Å². The zero-order chi connectivity index (χ0) is 30.0. The van der Waals surface area contributed by atoms with Crippen LogP contribution < -0.4 is 0 Å². The SMILES string of the molecule is CC(C)(C(=O)c1ccc(Sc2ccc(C(=O)/C(=N/OC(=O)CCCCCCl)c3ccco3)cc2)cc1)N1CCOCC1. The molecule has 0 atom stereocenters. The maximum absolute atomic E-state index is 13.3. The summed E-state index contributed by atoms with van der Waals surface area (Å²) in [5.41, 5.74) is 0.340. The molecule has 0 unspecified atom stereocenters. The van der Waals surface area contributed by atoms with Crippen LogP contribution in [0.1, 0.15) is 66.0 Å². The lowest BCUT2D eigenvalue weighted by Gasteiger charge is -2.39. The third kappa shape index (κ3) is 8.41. The van der Waals surface area contributed by atoms with Crippen molar-refractivity contribution >= 4 is 46.6 Å². The number of hydrogen-bond donors (Lipinski definition) is 0. The van der Waals surface area contributed by atoms with Crippen molar-refractivity contribution in [2.45, 2.75) is 54.9 Å². The lowest BCUT2D eigenvalue weighted by Crippen LogP contribution is -2.54. The normalized spacial score (nSPS) is 14.5. The summed E-state index contributed by atoms with van der Waals surface area (Å²) < 4.78 is 10.8. The number of Topliss-reactive ketones (excluding diaryl/α,β-unsaturated/α-hetero) is 2. The fourth-order valence-corrected chi connectivity index (χ4v) is 5.54. The van der Waals surface area contributed by atoms with Gasteiger partial charge < -0.3 is 14.0 Å². The zero-order valence-electron chi connectivity index (χ0n) is 23.8. The van der Waals surface area contributed by atoms with E-state index in [0.29, 0.717) is 36.6 Å². The van der Waals surface area contributed by atoms with Crippen LogP contribution in [0, 0.1) is 0 Å². The molecule has 0 saturated carbocycles. The van der Waals surface area contributed by atoms with Crippen LogP contribution in [-0.4, -0.2) is 65.9 Å². The second kappa shape index (κ2) is 15.3. The second-order valence-electron chi connectivity index (χ2n) is 10.3. The molecule has 2 aromatic carbocycles. The van der Waals surface area contributed by atoms with Crippen molar-refractivity contribution in [1.82, 2.24) is 4.90 Å². The molecule has 0 amide bonds. The van der Waals surface area contributed by atoms with E-state index in [1.807, 2.05) is 50.2 Å². The van der Waals surface area contributed by atoms with E-state index in [4.69, 9.17) is 25.6 Å². The van der Waals surface area contributed by atoms with E-state index in [9.17, 15) is 14.4 Å². The molecular weight excluding hydrogens is 576 g/mol. The Hall–Kier alpha value is -3.24. The summed E-state index contributed by atoms with van der Waals surface area (Å²) in [6, 6.07) is 17.9. The molecule has 0 spiro atoms. The maximum Gasteiger partial charge on any atom is 0.335 e. The Kier molecular flexibility index (Phi) is 11.5. The van der Waals surface area contributed by atoms with E-state index in [1.54, 1.807) is 24.3 Å². The lowest BCUT2D eigenvalue weighted by atomic mass is 9.91. The predicted octanol–water partition coefficient (Wildman–Crippen LogP) is 6.65. The Morgan fingerprint density at radius 2 is 1.57 bits per heavy atom. The van der Waals surface area contributed by atoms with Crippen molar-refractivity contribution in [2.75, 3.05) is 32.2 Å². The van der Waals surface area contributed by atoms with Gasteiger partial charge >= 0.3 is 5.97 Å². The highest BCUT2D eigenvalue weighted by Crippen LogP contribution is 2.30. The summed E-state index contributed by atoms with van der Waals surface area (Å²) in [5.74, 6) is -0.120. The number of nitrogens with zero attached hydrogens (tertiary/aromatic N) is 2. The van der Waals surface area contributed by atoms with E-state index >= 15 is 0 Å². The van der Waals surface area contributed by atoms with Gasteiger partial charge in [0, 0.05) is 46.3 Å². The Morgan fingerprint density at radius 1 is 0.929 bits per heavy atom. The van der Waals surface area contributed by atoms with Gasteiger partial charge in [0.15, 0.2) is 17.3 Å². The molecule has 8 nitrogen and oxygen atoms in total. The monoisotopic (exact) mass is 610 g/mol. The first-order chi connectivity index (χ1) is 20.3. The number of ketones is 2. The van der Waals surface area contributed by atoms with Gasteiger partial charge in [-0.3, -0.25) is 14.5 Å². The van der Waals surface area contributed by atoms with Crippen LogP contribution in [0.3, 0.4) is 0 Å². The van der Waals surface area contributed by atoms with Gasteiger partial charge in [-0.25, -0.2) is 4.79 Å². The summed E-state index contributed by atoms with van der Waals surface area (Å²) in [6.45, 7) is 6.67. The van der Waals surface area contributed by atoms with Crippen LogP contribution in [0.25, 0.3) is 0 Å². The van der Waals surface area contributed by atoms with Crippen molar-refractivity contribution in [3.05, 3.63) is 83.8 Å². The molecule has 4 rings (SSSR count). The summed E-state index contributed by atoms with van der Waals surface area (Å²) in [7, 11) is 0. The molecule has 42 heavy (non-hydrogen) atoms. The molecule has 0 radical (unpaired) electrons. The minimum absolute atomic E-state index is 0.0786. The number of morpholine rings is 1. The first-order valence-electron chi connectivity index (χ1n) is 14.0. The molecule has 10 heteroatoms. The van der Waals surface area contributed by atoms with E-state index in [-0.39, 0.29) is 23.7 Å². The molecule has 1 fully saturated rings. The zero-order valence-corrected chi connectivity index (χ0v) is 25.4. The third-order valence-corrected chi connectivity index (χ3v) is 8.33. The number of hydrogen-bond acceptors (Lipinski definition) is 9. The van der Waals surface area contributed by atoms with Crippen molar-refractivity contribution in [3.63, 3.8) is 0 Å². The minimum atomic E-state index is -0.610. The first kappa shape index (κ1) is 31.7. The van der Waals surface area contributed by atoms with E-state index in [1.165, 1.54) is 18.0 Å². The fraction of sp³-hybridized carbons (Fsp3) is 0.375. The highest BCUT2D eigenvalue weighted by molar-refractivity contribution is 7.99. The van der Waals surface area contributed by atoms with Crippen molar-refractivity contribution in [1.29, 1.82) is 0 Å². The first-order valence-corrected chi connectivity index (χ1v) is 15.3. The number of oxime groups is 1. The average Bonchev–Trinajstić information content (AvgIpc) is 3.55. The van der Waals surface area contributed by atoms with Crippen LogP contribution in [0.5, 0.6) is 0 Å². The number of furan rings is 1. The molecule has 0 N–H and O–H groups in total. The third-order valence-electron chi connectivity index (χ3n) is 7.05. The number of ether oxygens (including phenoxy) is 1. The fourth-order valence-electron chi connectivity index (χ4n) is 4.54. The summed E-state index contributed by atoms with van der Waals surface area (Å²) in [6.07, 6.45) is 3.88. The summed E-state index contributed by atoms with van der Waals surface area (Å²) >= 11 is 7.19. The number of carbonyl (C=O) groups excluding carboxylic acids is 3. The largest absolute Gasteiger partial charge is 0.462 e. The van der Waals surface area contributed by atoms with Gasteiger partial charge in [0.2, 0.25) is 5.78 Å². The smallest absolute Gasteiger partial charge is 0.335 e. The van der Waals surface area contributed by atoms with Gasteiger partial charge in [-0.2, -0.15) is 0 Å². The molecule has 2 heterocycles. The number of benzene rings is 2. The van der Waals surface area contributed by atoms with Crippen LogP contribution in [-0.2, 0) is 14.4 Å². The van der Waals surface area contributed by atoms with Crippen LogP contribution >= 0.6 is 23.4 Å². The number of carbonyl (C=O) groups is 3. The Morgan fingerprint density at radius 3 is 2.17 bits per heavy atom. The van der Waals surface area contributed by atoms with Gasteiger partial charge in [-0.1, -0.05) is 35.5 Å². The number of rotatable bonds is 14. The average molecular weight is 611 g/mol. The molecule has 1 aliphatic rings. The molecular formula is C32H35ClN2O6S. The predicted molar refractivity (Wildman–Crippen MR) is 163 cm³/mol. The second-order valence-corrected chi connectivity index (χ2v) is 11.9. The van der Waals surface area contributed by atoms with E-state index in [0.717, 1.165) is 35.7 Å². The number of halogens is 1. The topological polar surface area (TPSA) is 98.4 Å².